The quantitative estimate of drug-likeness (QED) is 0.510. The van der Waals surface area contributed by atoms with Gasteiger partial charge in [0.25, 0.3) is 0 Å². The molecule has 2 aromatic heterocycles. The predicted molar refractivity (Wildman–Crippen MR) is 123 cm³/mol. The molecule has 1 atom stereocenters. The highest BCUT2D eigenvalue weighted by Crippen LogP contribution is 2.36. The van der Waals surface area contributed by atoms with Gasteiger partial charge in [-0.3, -0.25) is 4.98 Å². The summed E-state index contributed by atoms with van der Waals surface area (Å²) < 4.78 is 26.5. The summed E-state index contributed by atoms with van der Waals surface area (Å²) in [6.45, 7) is 6.71. The van der Waals surface area contributed by atoms with Gasteiger partial charge in [0.05, 0.1) is 24.2 Å². The van der Waals surface area contributed by atoms with Crippen LogP contribution in [0.3, 0.4) is 0 Å². The van der Waals surface area contributed by atoms with Gasteiger partial charge in [-0.05, 0) is 57.4 Å². The second kappa shape index (κ2) is 8.84. The number of methoxy groups -OCH3 is 1. The predicted octanol–water partition coefficient (Wildman–Crippen LogP) is 5.20. The number of likely N-dealkylation sites (tertiary alicyclic amines) is 1. The van der Waals surface area contributed by atoms with Gasteiger partial charge in [-0.2, -0.15) is 0 Å². The van der Waals surface area contributed by atoms with Crippen LogP contribution >= 0.6 is 0 Å². The number of nitrogens with zero attached hydrogens (tertiary/aromatic N) is 3. The minimum absolute atomic E-state index is 0.0203. The van der Waals surface area contributed by atoms with Crippen LogP contribution < -0.4 is 0 Å². The third-order valence-electron chi connectivity index (χ3n) is 5.75. The van der Waals surface area contributed by atoms with E-state index in [1.165, 1.54) is 19.2 Å². The van der Waals surface area contributed by atoms with Crippen LogP contribution in [0.2, 0.25) is 0 Å². The lowest BCUT2D eigenvalue weighted by molar-refractivity contribution is 0.0174. The number of amides is 1. The third kappa shape index (κ3) is 4.69. The highest BCUT2D eigenvalue weighted by atomic mass is 19.1. The van der Waals surface area contributed by atoms with Crippen LogP contribution in [0, 0.1) is 5.82 Å². The van der Waals surface area contributed by atoms with Crippen molar-refractivity contribution in [1.82, 2.24) is 14.5 Å². The molecule has 3 heterocycles. The molecule has 1 unspecified atom stereocenters. The molecule has 0 spiro atoms. The molecule has 8 heteroatoms. The zero-order valence-corrected chi connectivity index (χ0v) is 19.3. The molecule has 0 saturated carbocycles. The number of carbonyl (C=O) groups is 2. The fourth-order valence-corrected chi connectivity index (χ4v) is 4.32. The van der Waals surface area contributed by atoms with Crippen LogP contribution in [0.15, 0.2) is 42.9 Å². The summed E-state index contributed by atoms with van der Waals surface area (Å²) in [5.41, 5.74) is 1.85. The van der Waals surface area contributed by atoms with Crippen LogP contribution in [0.25, 0.3) is 22.0 Å². The molecule has 7 nitrogen and oxygen atoms in total. The molecule has 0 N–H and O–H groups in total. The number of hydrogen-bond acceptors (Lipinski definition) is 5. The summed E-state index contributed by atoms with van der Waals surface area (Å²) in [7, 11) is 1.27. The molecule has 33 heavy (non-hydrogen) atoms. The molecule has 1 aliphatic rings. The van der Waals surface area contributed by atoms with Gasteiger partial charge >= 0.3 is 12.1 Å². The van der Waals surface area contributed by atoms with E-state index in [1.807, 2.05) is 33.0 Å². The van der Waals surface area contributed by atoms with E-state index in [0.29, 0.717) is 18.7 Å². The Morgan fingerprint density at radius 1 is 1.18 bits per heavy atom. The third-order valence-corrected chi connectivity index (χ3v) is 5.75. The number of ether oxygens (including phenoxy) is 2. The van der Waals surface area contributed by atoms with Crippen molar-refractivity contribution in [2.75, 3.05) is 20.2 Å². The Balaban J connectivity index is 1.75. The van der Waals surface area contributed by atoms with E-state index in [2.05, 4.69) is 9.55 Å². The summed E-state index contributed by atoms with van der Waals surface area (Å²) in [6, 6.07) is 6.03. The first-order chi connectivity index (χ1) is 15.7. The van der Waals surface area contributed by atoms with Crippen molar-refractivity contribution in [2.45, 2.75) is 45.3 Å². The van der Waals surface area contributed by atoms with Crippen molar-refractivity contribution < 1.29 is 23.5 Å². The van der Waals surface area contributed by atoms with Gasteiger partial charge in [0.15, 0.2) is 0 Å². The summed E-state index contributed by atoms with van der Waals surface area (Å²) in [6.07, 6.45) is 6.81. The molecule has 4 rings (SSSR count). The topological polar surface area (TPSA) is 73.7 Å². The maximum absolute atomic E-state index is 13.9. The van der Waals surface area contributed by atoms with Gasteiger partial charge in [0, 0.05) is 42.6 Å². The first kappa shape index (κ1) is 22.8. The number of pyridine rings is 1. The zero-order chi connectivity index (χ0) is 23.8. The number of rotatable bonds is 3. The van der Waals surface area contributed by atoms with Crippen LogP contribution in [-0.4, -0.2) is 52.3 Å². The number of hydrogen-bond donors (Lipinski definition) is 0. The lowest BCUT2D eigenvalue weighted by Gasteiger charge is -2.35. The average Bonchev–Trinajstić information content (AvgIpc) is 3.17. The minimum Gasteiger partial charge on any atom is -0.465 e. The molecule has 174 valence electrons. The molecule has 1 aromatic carbocycles. The zero-order valence-electron chi connectivity index (χ0n) is 19.3. The summed E-state index contributed by atoms with van der Waals surface area (Å²) >= 11 is 0. The van der Waals surface area contributed by atoms with E-state index in [0.717, 1.165) is 29.3 Å². The Bertz CT molecular complexity index is 1200. The Hall–Kier alpha value is -3.42. The average molecular weight is 454 g/mol. The minimum atomic E-state index is -0.608. The van der Waals surface area contributed by atoms with Crippen molar-refractivity contribution in [3.05, 3.63) is 54.2 Å². The highest BCUT2D eigenvalue weighted by Gasteiger charge is 2.30. The van der Waals surface area contributed by atoms with E-state index >= 15 is 0 Å². The molecule has 0 bridgehead atoms. The summed E-state index contributed by atoms with van der Waals surface area (Å²) in [5.74, 6) is -1.12. The number of fused-ring (bicyclic) bond motifs is 1. The van der Waals surface area contributed by atoms with Crippen molar-refractivity contribution >= 4 is 23.0 Å². The number of piperidine rings is 1. The van der Waals surface area contributed by atoms with Crippen molar-refractivity contribution in [3.8, 4) is 11.1 Å². The summed E-state index contributed by atoms with van der Waals surface area (Å²) in [5, 5.41) is 0.837. The maximum atomic E-state index is 13.9. The largest absolute Gasteiger partial charge is 0.465 e. The number of carbonyl (C=O) groups excluding carboxylic acids is 2. The first-order valence-electron chi connectivity index (χ1n) is 11.0. The van der Waals surface area contributed by atoms with Crippen molar-refractivity contribution in [3.63, 3.8) is 0 Å². The van der Waals surface area contributed by atoms with E-state index in [1.54, 1.807) is 23.4 Å². The second-order valence-electron chi connectivity index (χ2n) is 9.25. The van der Waals surface area contributed by atoms with Gasteiger partial charge < -0.3 is 18.9 Å². The molecule has 1 saturated heterocycles. The molecule has 1 aliphatic heterocycles. The lowest BCUT2D eigenvalue weighted by Crippen LogP contribution is -2.43. The van der Waals surface area contributed by atoms with Crippen molar-refractivity contribution in [1.29, 1.82) is 0 Å². The highest BCUT2D eigenvalue weighted by molar-refractivity contribution is 6.03. The van der Waals surface area contributed by atoms with Gasteiger partial charge in [-0.25, -0.2) is 14.0 Å². The SMILES string of the molecule is COC(=O)c1cc(F)ccc1-c1cn(C2CCCN(C(=O)OC(C)(C)C)C2)c2ccncc12. The van der Waals surface area contributed by atoms with E-state index in [4.69, 9.17) is 9.47 Å². The molecular weight excluding hydrogens is 425 g/mol. The Morgan fingerprint density at radius 2 is 1.97 bits per heavy atom. The Kier molecular flexibility index (Phi) is 6.10. The molecule has 1 fully saturated rings. The van der Waals surface area contributed by atoms with Gasteiger partial charge in [0.2, 0.25) is 0 Å². The van der Waals surface area contributed by atoms with E-state index in [-0.39, 0.29) is 17.7 Å². The molecule has 3 aromatic rings. The Labute approximate surface area is 192 Å². The fraction of sp³-hybridized carbons (Fsp3) is 0.400. The van der Waals surface area contributed by atoms with Gasteiger partial charge in [-0.1, -0.05) is 6.07 Å². The lowest BCUT2D eigenvalue weighted by atomic mass is 9.99. The van der Waals surface area contributed by atoms with Crippen molar-refractivity contribution in [2.24, 2.45) is 0 Å². The van der Waals surface area contributed by atoms with E-state index in [9.17, 15) is 14.0 Å². The van der Waals surface area contributed by atoms with Crippen LogP contribution in [-0.2, 0) is 9.47 Å². The van der Waals surface area contributed by atoms with Gasteiger partial charge in [-0.15, -0.1) is 0 Å². The number of aromatic nitrogens is 2. The number of halogens is 1. The van der Waals surface area contributed by atoms with Crippen LogP contribution in [0.5, 0.6) is 0 Å². The summed E-state index contributed by atoms with van der Waals surface area (Å²) in [4.78, 5) is 31.0. The maximum Gasteiger partial charge on any atom is 0.410 e. The van der Waals surface area contributed by atoms with Crippen LogP contribution in [0.4, 0.5) is 9.18 Å². The molecule has 1 amide bonds. The number of esters is 1. The number of benzene rings is 1. The molecule has 0 aliphatic carbocycles. The standard InChI is InChI=1S/C25H28FN3O4/c1-25(2,3)33-24(31)28-11-5-6-17(14-28)29-15-21(20-13-27-10-9-22(20)29)18-8-7-16(26)12-19(18)23(30)32-4/h7-10,12-13,15,17H,5-6,11,14H2,1-4H3. The monoisotopic (exact) mass is 453 g/mol. The fourth-order valence-electron chi connectivity index (χ4n) is 4.32. The normalized spacial score (nSPS) is 16.6. The smallest absolute Gasteiger partial charge is 0.410 e. The Morgan fingerprint density at radius 3 is 2.70 bits per heavy atom. The van der Waals surface area contributed by atoms with Crippen LogP contribution in [0.1, 0.15) is 50.0 Å². The molecule has 0 radical (unpaired) electrons. The van der Waals surface area contributed by atoms with Gasteiger partial charge in [0.1, 0.15) is 11.4 Å². The first-order valence-corrected chi connectivity index (χ1v) is 11.0. The van der Waals surface area contributed by atoms with E-state index < -0.39 is 17.4 Å². The second-order valence-corrected chi connectivity index (χ2v) is 9.25. The molecular formula is C25H28FN3O4.